The van der Waals surface area contributed by atoms with Crippen LogP contribution in [0.2, 0.25) is 0 Å². The van der Waals surface area contributed by atoms with Gasteiger partial charge in [-0.05, 0) is 32.0 Å². The van der Waals surface area contributed by atoms with E-state index in [9.17, 15) is 4.79 Å². The van der Waals surface area contributed by atoms with Gasteiger partial charge < -0.3 is 10.0 Å². The predicted octanol–water partition coefficient (Wildman–Crippen LogP) is 2.66. The summed E-state index contributed by atoms with van der Waals surface area (Å²) in [5.74, 6) is -1.03. The van der Waals surface area contributed by atoms with Crippen molar-refractivity contribution in [3.05, 3.63) is 41.5 Å². The summed E-state index contributed by atoms with van der Waals surface area (Å²) in [7, 11) is 0. The Bertz CT molecular complexity index is 515. The van der Waals surface area contributed by atoms with Gasteiger partial charge in [0, 0.05) is 13.1 Å². The fourth-order valence-corrected chi connectivity index (χ4v) is 1.73. The van der Waals surface area contributed by atoms with Crippen molar-refractivity contribution in [1.29, 1.82) is 5.26 Å². The third kappa shape index (κ3) is 3.11. The lowest BCUT2D eigenvalue weighted by Crippen LogP contribution is -2.25. The minimum Gasteiger partial charge on any atom is -0.478 e. The molecule has 4 heteroatoms. The fraction of sp³-hybridized carbons (Fsp3) is 0.286. The summed E-state index contributed by atoms with van der Waals surface area (Å²) in [5.41, 5.74) is 2.23. The monoisotopic (exact) mass is 244 g/mol. The number of likely N-dealkylation sites (N-methyl/N-ethyl adjacent to an activating group) is 1. The number of carboxylic acid groups (broad SMARTS) is 1. The molecule has 0 saturated heterocycles. The zero-order chi connectivity index (χ0) is 13.7. The second kappa shape index (κ2) is 5.87. The van der Waals surface area contributed by atoms with Crippen molar-refractivity contribution in [2.24, 2.45) is 0 Å². The lowest BCUT2D eigenvalue weighted by atomic mass is 10.1. The summed E-state index contributed by atoms with van der Waals surface area (Å²) >= 11 is 0. The highest BCUT2D eigenvalue weighted by Gasteiger charge is 2.12. The number of aromatic carboxylic acids is 1. The Hall–Kier alpha value is -2.28. The third-order valence-electron chi connectivity index (χ3n) is 2.55. The Morgan fingerprint density at radius 3 is 2.67 bits per heavy atom. The van der Waals surface area contributed by atoms with E-state index in [1.165, 1.54) is 12.1 Å². The molecule has 0 aliphatic rings. The molecule has 0 amide bonds. The van der Waals surface area contributed by atoms with E-state index in [0.29, 0.717) is 12.1 Å². The number of hydrogen-bond donors (Lipinski definition) is 1. The number of nitriles is 1. The molecule has 0 heterocycles. The summed E-state index contributed by atoms with van der Waals surface area (Å²) < 4.78 is 0. The summed E-state index contributed by atoms with van der Waals surface area (Å²) in [5, 5.41) is 18.0. The van der Waals surface area contributed by atoms with Gasteiger partial charge in [0.2, 0.25) is 0 Å². The van der Waals surface area contributed by atoms with Crippen LogP contribution in [-0.2, 0) is 0 Å². The number of rotatable bonds is 5. The van der Waals surface area contributed by atoms with Crippen molar-refractivity contribution in [2.45, 2.75) is 13.8 Å². The standard InChI is InChI=1S/C14H16N2O2/c1-4-16(9-10(2)3)13-6-5-11(14(17)18)7-12(13)8-15/h5-7H,2,4,9H2,1,3H3,(H,17,18). The normalized spacial score (nSPS) is 9.61. The van der Waals surface area contributed by atoms with Crippen LogP contribution < -0.4 is 4.90 Å². The van der Waals surface area contributed by atoms with Gasteiger partial charge in [-0.15, -0.1) is 0 Å². The van der Waals surface area contributed by atoms with Crippen LogP contribution >= 0.6 is 0 Å². The van der Waals surface area contributed by atoms with Gasteiger partial charge in [-0.3, -0.25) is 0 Å². The SMILES string of the molecule is C=C(C)CN(CC)c1ccc(C(=O)O)cc1C#N. The maximum Gasteiger partial charge on any atom is 0.335 e. The van der Waals surface area contributed by atoms with Gasteiger partial charge in [0.15, 0.2) is 0 Å². The number of hydrogen-bond acceptors (Lipinski definition) is 3. The highest BCUT2D eigenvalue weighted by molar-refractivity contribution is 5.89. The van der Waals surface area contributed by atoms with Crippen LogP contribution in [0.4, 0.5) is 5.69 Å². The first kappa shape index (κ1) is 13.8. The molecule has 0 aliphatic carbocycles. The van der Waals surface area contributed by atoms with E-state index in [2.05, 4.69) is 6.58 Å². The average molecular weight is 244 g/mol. The van der Waals surface area contributed by atoms with Crippen LogP contribution in [0, 0.1) is 11.3 Å². The van der Waals surface area contributed by atoms with Crippen LogP contribution in [0.25, 0.3) is 0 Å². The Balaban J connectivity index is 3.19. The molecule has 18 heavy (non-hydrogen) atoms. The Morgan fingerprint density at radius 1 is 1.56 bits per heavy atom. The first-order valence-electron chi connectivity index (χ1n) is 5.66. The maximum absolute atomic E-state index is 10.9. The molecule has 1 N–H and O–H groups in total. The van der Waals surface area contributed by atoms with E-state index >= 15 is 0 Å². The quantitative estimate of drug-likeness (QED) is 0.809. The van der Waals surface area contributed by atoms with Crippen LogP contribution in [0.15, 0.2) is 30.4 Å². The largest absolute Gasteiger partial charge is 0.478 e. The van der Waals surface area contributed by atoms with Gasteiger partial charge in [0.05, 0.1) is 16.8 Å². The second-order valence-electron chi connectivity index (χ2n) is 4.12. The Kier molecular flexibility index (Phi) is 4.50. The summed E-state index contributed by atoms with van der Waals surface area (Å²) in [6.45, 7) is 9.13. The third-order valence-corrected chi connectivity index (χ3v) is 2.55. The predicted molar refractivity (Wildman–Crippen MR) is 70.8 cm³/mol. The molecule has 0 radical (unpaired) electrons. The number of carbonyl (C=O) groups is 1. The molecular formula is C14H16N2O2. The van der Waals surface area contributed by atoms with Gasteiger partial charge in [-0.1, -0.05) is 12.2 Å². The highest BCUT2D eigenvalue weighted by atomic mass is 16.4. The second-order valence-corrected chi connectivity index (χ2v) is 4.12. The molecule has 1 aromatic carbocycles. The smallest absolute Gasteiger partial charge is 0.335 e. The molecule has 94 valence electrons. The molecule has 1 aromatic rings. The molecule has 0 bridgehead atoms. The van der Waals surface area contributed by atoms with Crippen molar-refractivity contribution < 1.29 is 9.90 Å². The molecular weight excluding hydrogens is 228 g/mol. The zero-order valence-corrected chi connectivity index (χ0v) is 10.6. The zero-order valence-electron chi connectivity index (χ0n) is 10.6. The molecule has 0 unspecified atom stereocenters. The molecule has 0 atom stereocenters. The van der Waals surface area contributed by atoms with Gasteiger partial charge in [0.1, 0.15) is 6.07 Å². The fourth-order valence-electron chi connectivity index (χ4n) is 1.73. The van der Waals surface area contributed by atoms with E-state index < -0.39 is 5.97 Å². The first-order chi connectivity index (χ1) is 8.49. The van der Waals surface area contributed by atoms with Gasteiger partial charge >= 0.3 is 5.97 Å². The Labute approximate surface area is 107 Å². The van der Waals surface area contributed by atoms with Gasteiger partial charge in [-0.25, -0.2) is 4.79 Å². The van der Waals surface area contributed by atoms with E-state index in [1.807, 2.05) is 24.8 Å². The van der Waals surface area contributed by atoms with Crippen LogP contribution in [0.1, 0.15) is 29.8 Å². The molecule has 0 aromatic heterocycles. The van der Waals surface area contributed by atoms with Crippen molar-refractivity contribution in [3.63, 3.8) is 0 Å². The number of nitrogens with zero attached hydrogens (tertiary/aromatic N) is 2. The minimum absolute atomic E-state index is 0.127. The first-order valence-corrected chi connectivity index (χ1v) is 5.66. The number of benzene rings is 1. The van der Waals surface area contributed by atoms with E-state index in [4.69, 9.17) is 10.4 Å². The average Bonchev–Trinajstić information content (AvgIpc) is 2.34. The summed E-state index contributed by atoms with van der Waals surface area (Å²) in [6, 6.07) is 6.63. The molecule has 4 nitrogen and oxygen atoms in total. The number of carboxylic acids is 1. The lowest BCUT2D eigenvalue weighted by Gasteiger charge is -2.24. The molecule has 0 saturated carbocycles. The topological polar surface area (TPSA) is 64.3 Å². The van der Waals surface area contributed by atoms with Crippen molar-refractivity contribution in [2.75, 3.05) is 18.0 Å². The van der Waals surface area contributed by atoms with Crippen molar-refractivity contribution in [1.82, 2.24) is 0 Å². The minimum atomic E-state index is -1.03. The number of anilines is 1. The van der Waals surface area contributed by atoms with E-state index in [-0.39, 0.29) is 5.56 Å². The molecule has 0 aliphatic heterocycles. The maximum atomic E-state index is 10.9. The van der Waals surface area contributed by atoms with Crippen molar-refractivity contribution in [3.8, 4) is 6.07 Å². The lowest BCUT2D eigenvalue weighted by molar-refractivity contribution is 0.0697. The van der Waals surface area contributed by atoms with E-state index in [1.54, 1.807) is 6.07 Å². The molecule has 0 fully saturated rings. The highest BCUT2D eigenvalue weighted by Crippen LogP contribution is 2.22. The van der Waals surface area contributed by atoms with Crippen molar-refractivity contribution >= 4 is 11.7 Å². The van der Waals surface area contributed by atoms with Gasteiger partial charge in [0.25, 0.3) is 0 Å². The Morgan fingerprint density at radius 2 is 2.22 bits per heavy atom. The van der Waals surface area contributed by atoms with Gasteiger partial charge in [-0.2, -0.15) is 5.26 Å². The van der Waals surface area contributed by atoms with Crippen LogP contribution in [0.5, 0.6) is 0 Å². The molecule has 1 rings (SSSR count). The van der Waals surface area contributed by atoms with Crippen LogP contribution in [-0.4, -0.2) is 24.2 Å². The summed E-state index contributed by atoms with van der Waals surface area (Å²) in [4.78, 5) is 12.9. The van der Waals surface area contributed by atoms with Crippen LogP contribution in [0.3, 0.4) is 0 Å². The summed E-state index contributed by atoms with van der Waals surface area (Å²) in [6.07, 6.45) is 0. The molecule has 0 spiro atoms. The van der Waals surface area contributed by atoms with E-state index in [0.717, 1.165) is 17.8 Å².